The van der Waals surface area contributed by atoms with E-state index in [4.69, 9.17) is 9.84 Å². The van der Waals surface area contributed by atoms with Gasteiger partial charge in [-0.3, -0.25) is 9.59 Å². The second-order valence-electron chi connectivity index (χ2n) is 9.00. The molecule has 0 aliphatic carbocycles. The van der Waals surface area contributed by atoms with E-state index in [-0.39, 0.29) is 18.2 Å². The van der Waals surface area contributed by atoms with Gasteiger partial charge in [0, 0.05) is 6.42 Å². The molecule has 1 aliphatic rings. The number of carbonyl (C=O) groups excluding carboxylic acids is 1. The number of benzene rings is 3. The number of rotatable bonds is 5. The molecule has 0 bridgehead atoms. The molecular weight excluding hydrogens is 466 g/mol. The number of carbonyl (C=O) groups is 1. The van der Waals surface area contributed by atoms with Gasteiger partial charge in [0.15, 0.2) is 0 Å². The number of aryl methyl sites for hydroxylation is 1. The highest BCUT2D eigenvalue weighted by atomic mass is 16.5. The molecule has 0 radical (unpaired) electrons. The van der Waals surface area contributed by atoms with Crippen molar-refractivity contribution in [2.75, 3.05) is 7.11 Å². The summed E-state index contributed by atoms with van der Waals surface area (Å²) in [6.45, 7) is 3.06. The largest absolute Gasteiger partial charge is 0.497 e. The van der Waals surface area contributed by atoms with Crippen molar-refractivity contribution in [1.82, 2.24) is 14.8 Å². The number of hydrazone groups is 1. The Morgan fingerprint density at radius 3 is 2.51 bits per heavy atom. The highest BCUT2D eigenvalue weighted by Crippen LogP contribution is 2.34. The molecule has 1 atom stereocenters. The molecule has 1 amide bonds. The molecule has 184 valence electrons. The standard InChI is InChI=1S/C29H25N5O3/c1-18-19(2)31-33(29(36)25(18)16-30)17-28(35)34-27(21-10-12-24(37-3)13-11-21)15-26(32-34)23-9-8-20-6-4-5-7-22(20)14-23/h4-14,27H,15,17H2,1-3H3. The van der Waals surface area contributed by atoms with Crippen molar-refractivity contribution in [3.8, 4) is 11.8 Å². The Balaban J connectivity index is 1.53. The first kappa shape index (κ1) is 23.9. The Labute approximate surface area is 214 Å². The first-order valence-corrected chi connectivity index (χ1v) is 11.9. The van der Waals surface area contributed by atoms with E-state index in [2.05, 4.69) is 17.2 Å². The Kier molecular flexibility index (Phi) is 6.28. The molecule has 4 aromatic rings. The summed E-state index contributed by atoms with van der Waals surface area (Å²) in [7, 11) is 1.60. The summed E-state index contributed by atoms with van der Waals surface area (Å²) in [6.07, 6.45) is 0.509. The zero-order chi connectivity index (χ0) is 26.1. The van der Waals surface area contributed by atoms with Crippen molar-refractivity contribution in [3.63, 3.8) is 0 Å². The molecule has 1 unspecified atom stereocenters. The summed E-state index contributed by atoms with van der Waals surface area (Å²) in [4.78, 5) is 26.4. The topological polar surface area (TPSA) is 101 Å². The van der Waals surface area contributed by atoms with Crippen molar-refractivity contribution >= 4 is 22.4 Å². The lowest BCUT2D eigenvalue weighted by Crippen LogP contribution is -2.36. The molecule has 0 fully saturated rings. The third-order valence-electron chi connectivity index (χ3n) is 6.78. The number of aromatic nitrogens is 2. The predicted molar refractivity (Wildman–Crippen MR) is 140 cm³/mol. The Morgan fingerprint density at radius 2 is 1.81 bits per heavy atom. The highest BCUT2D eigenvalue weighted by Gasteiger charge is 2.33. The SMILES string of the molecule is COc1ccc(C2CC(c3ccc4ccccc4c3)=NN2C(=O)Cn2nc(C)c(C)c(C#N)c2=O)cc1. The van der Waals surface area contributed by atoms with Gasteiger partial charge in [-0.2, -0.15) is 15.5 Å². The molecule has 2 heterocycles. The van der Waals surface area contributed by atoms with E-state index in [9.17, 15) is 14.9 Å². The van der Waals surface area contributed by atoms with Gasteiger partial charge in [-0.05, 0) is 59.5 Å². The molecule has 37 heavy (non-hydrogen) atoms. The Hall–Kier alpha value is -4.77. The van der Waals surface area contributed by atoms with E-state index in [1.807, 2.05) is 60.7 Å². The molecule has 1 aliphatic heterocycles. The van der Waals surface area contributed by atoms with Crippen LogP contribution in [0, 0.1) is 25.2 Å². The van der Waals surface area contributed by atoms with E-state index in [0.29, 0.717) is 23.4 Å². The van der Waals surface area contributed by atoms with E-state index < -0.39 is 11.5 Å². The second-order valence-corrected chi connectivity index (χ2v) is 9.00. The minimum atomic E-state index is -0.585. The fourth-order valence-electron chi connectivity index (χ4n) is 4.58. The second kappa shape index (κ2) is 9.70. The summed E-state index contributed by atoms with van der Waals surface area (Å²) in [5.41, 5.74) is 3.06. The number of ether oxygens (including phenoxy) is 1. The lowest BCUT2D eigenvalue weighted by molar-refractivity contribution is -0.133. The fourth-order valence-corrected chi connectivity index (χ4v) is 4.58. The number of hydrogen-bond acceptors (Lipinski definition) is 6. The van der Waals surface area contributed by atoms with Gasteiger partial charge in [-0.1, -0.05) is 48.5 Å². The van der Waals surface area contributed by atoms with Crippen LogP contribution in [0.5, 0.6) is 5.75 Å². The first-order chi connectivity index (χ1) is 17.9. The number of fused-ring (bicyclic) bond motifs is 1. The molecule has 0 spiro atoms. The van der Waals surface area contributed by atoms with Crippen LogP contribution in [0.1, 0.15) is 40.4 Å². The molecular formula is C29H25N5O3. The van der Waals surface area contributed by atoms with Crippen LogP contribution in [0.3, 0.4) is 0 Å². The number of methoxy groups -OCH3 is 1. The van der Waals surface area contributed by atoms with Gasteiger partial charge in [0.1, 0.15) is 23.9 Å². The third-order valence-corrected chi connectivity index (χ3v) is 6.78. The van der Waals surface area contributed by atoms with Gasteiger partial charge in [-0.15, -0.1) is 0 Å². The van der Waals surface area contributed by atoms with Gasteiger partial charge < -0.3 is 4.74 Å². The summed E-state index contributed by atoms with van der Waals surface area (Å²) in [5, 5.41) is 22.1. The summed E-state index contributed by atoms with van der Waals surface area (Å²) < 4.78 is 6.34. The molecule has 3 aromatic carbocycles. The molecule has 8 heteroatoms. The quantitative estimate of drug-likeness (QED) is 0.415. The van der Waals surface area contributed by atoms with Crippen molar-refractivity contribution in [2.24, 2.45) is 5.10 Å². The van der Waals surface area contributed by atoms with E-state index in [1.165, 1.54) is 5.01 Å². The summed E-state index contributed by atoms with van der Waals surface area (Å²) in [6, 6.07) is 23.3. The van der Waals surface area contributed by atoms with Crippen molar-refractivity contribution in [3.05, 3.63) is 105 Å². The number of hydrogen-bond donors (Lipinski definition) is 0. The van der Waals surface area contributed by atoms with Crippen molar-refractivity contribution in [2.45, 2.75) is 32.9 Å². The molecule has 1 aromatic heterocycles. The maximum atomic E-state index is 13.6. The molecule has 0 saturated heterocycles. The average molecular weight is 492 g/mol. The zero-order valence-corrected chi connectivity index (χ0v) is 20.8. The minimum Gasteiger partial charge on any atom is -0.497 e. The van der Waals surface area contributed by atoms with E-state index in [0.717, 1.165) is 32.3 Å². The van der Waals surface area contributed by atoms with E-state index >= 15 is 0 Å². The molecule has 5 rings (SSSR count). The van der Waals surface area contributed by atoms with Crippen LogP contribution in [0.15, 0.2) is 76.6 Å². The lowest BCUT2D eigenvalue weighted by atomic mass is 9.97. The van der Waals surface area contributed by atoms with Gasteiger partial charge >= 0.3 is 0 Å². The van der Waals surface area contributed by atoms with Gasteiger partial charge in [0.25, 0.3) is 11.5 Å². The Bertz CT molecular complexity index is 1650. The number of nitriles is 1. The highest BCUT2D eigenvalue weighted by molar-refractivity contribution is 6.05. The normalized spacial score (nSPS) is 14.9. The lowest BCUT2D eigenvalue weighted by Gasteiger charge is -2.22. The summed E-state index contributed by atoms with van der Waals surface area (Å²) >= 11 is 0. The fraction of sp³-hybridized carbons (Fsp3) is 0.207. The number of amides is 1. The molecule has 8 nitrogen and oxygen atoms in total. The zero-order valence-electron chi connectivity index (χ0n) is 20.8. The van der Waals surface area contributed by atoms with Crippen LogP contribution in [0.2, 0.25) is 0 Å². The summed E-state index contributed by atoms with van der Waals surface area (Å²) in [5.74, 6) is 0.323. The van der Waals surface area contributed by atoms with Crippen LogP contribution in [0.4, 0.5) is 0 Å². The monoisotopic (exact) mass is 491 g/mol. The van der Waals surface area contributed by atoms with Crippen molar-refractivity contribution in [1.29, 1.82) is 5.26 Å². The smallest absolute Gasteiger partial charge is 0.285 e. The van der Waals surface area contributed by atoms with Crippen LogP contribution >= 0.6 is 0 Å². The van der Waals surface area contributed by atoms with Crippen LogP contribution in [0.25, 0.3) is 10.8 Å². The van der Waals surface area contributed by atoms with Gasteiger partial charge in [-0.25, -0.2) is 9.69 Å². The van der Waals surface area contributed by atoms with Gasteiger partial charge in [0.05, 0.1) is 24.6 Å². The van der Waals surface area contributed by atoms with Crippen LogP contribution in [-0.2, 0) is 11.3 Å². The molecule has 0 saturated carbocycles. The Morgan fingerprint density at radius 1 is 1.08 bits per heavy atom. The minimum absolute atomic E-state index is 0.00576. The number of nitrogens with zero attached hydrogens (tertiary/aromatic N) is 5. The van der Waals surface area contributed by atoms with E-state index in [1.54, 1.807) is 21.0 Å². The predicted octanol–water partition coefficient (Wildman–Crippen LogP) is 4.27. The van der Waals surface area contributed by atoms with Gasteiger partial charge in [0.2, 0.25) is 0 Å². The third kappa shape index (κ3) is 4.47. The maximum absolute atomic E-state index is 13.6. The van der Waals surface area contributed by atoms with Crippen LogP contribution < -0.4 is 10.3 Å². The van der Waals surface area contributed by atoms with Crippen molar-refractivity contribution < 1.29 is 9.53 Å². The van der Waals surface area contributed by atoms with Crippen LogP contribution in [-0.4, -0.2) is 33.5 Å². The maximum Gasteiger partial charge on any atom is 0.285 e. The molecule has 0 N–H and O–H groups in total. The first-order valence-electron chi connectivity index (χ1n) is 11.9. The average Bonchev–Trinajstić information content (AvgIpc) is 3.37.